The van der Waals surface area contributed by atoms with Crippen LogP contribution in [0.3, 0.4) is 0 Å². The third-order valence-electron chi connectivity index (χ3n) is 4.29. The van der Waals surface area contributed by atoms with Gasteiger partial charge in [0.15, 0.2) is 0 Å². The zero-order valence-electron chi connectivity index (χ0n) is 14.0. The van der Waals surface area contributed by atoms with E-state index in [1.807, 2.05) is 12.1 Å². The van der Waals surface area contributed by atoms with E-state index in [2.05, 4.69) is 57.4 Å². The van der Waals surface area contributed by atoms with Crippen molar-refractivity contribution in [2.24, 2.45) is 0 Å². The molecule has 1 aromatic carbocycles. The summed E-state index contributed by atoms with van der Waals surface area (Å²) in [5.74, 6) is 0. The van der Waals surface area contributed by atoms with Crippen LogP contribution in [0.15, 0.2) is 24.3 Å². The van der Waals surface area contributed by atoms with E-state index < -0.39 is 0 Å². The van der Waals surface area contributed by atoms with E-state index >= 15 is 0 Å². The molecule has 1 aromatic rings. The first-order valence-electron chi connectivity index (χ1n) is 8.02. The summed E-state index contributed by atoms with van der Waals surface area (Å²) in [5.41, 5.74) is 1.64. The predicted octanol–water partition coefficient (Wildman–Crippen LogP) is 4.69. The smallest absolute Gasteiger partial charge is 0.0409 e. The fourth-order valence-corrected chi connectivity index (χ4v) is 4.10. The van der Waals surface area contributed by atoms with Crippen molar-refractivity contribution in [1.29, 1.82) is 0 Å². The van der Waals surface area contributed by atoms with Crippen molar-refractivity contribution in [3.8, 4) is 0 Å². The minimum absolute atomic E-state index is 0.173. The highest BCUT2D eigenvalue weighted by Gasteiger charge is 2.38. The summed E-state index contributed by atoms with van der Waals surface area (Å²) in [6.07, 6.45) is 3.37. The number of benzene rings is 1. The zero-order valence-corrected chi connectivity index (χ0v) is 14.7. The average Bonchev–Trinajstić information content (AvgIpc) is 2.32. The molecule has 0 aromatic heterocycles. The monoisotopic (exact) mass is 308 g/mol. The van der Waals surface area contributed by atoms with Gasteiger partial charge in [-0.05, 0) is 64.7 Å². The minimum atomic E-state index is 0.173. The van der Waals surface area contributed by atoms with Gasteiger partial charge in [0.2, 0.25) is 0 Å². The second-order valence-electron chi connectivity index (χ2n) is 7.68. The summed E-state index contributed by atoms with van der Waals surface area (Å²) < 4.78 is 0. The van der Waals surface area contributed by atoms with Gasteiger partial charge in [-0.25, -0.2) is 0 Å². The maximum Gasteiger partial charge on any atom is 0.0409 e. The quantitative estimate of drug-likeness (QED) is 0.843. The maximum absolute atomic E-state index is 6.14. The molecule has 2 nitrogen and oxygen atoms in total. The van der Waals surface area contributed by atoms with Crippen molar-refractivity contribution in [3.05, 3.63) is 34.9 Å². The lowest BCUT2D eigenvalue weighted by Gasteiger charge is -2.47. The van der Waals surface area contributed by atoms with Crippen molar-refractivity contribution in [2.45, 2.75) is 77.0 Å². The number of piperidine rings is 1. The number of halogens is 1. The molecule has 2 rings (SSSR count). The molecule has 1 saturated heterocycles. The Hall–Kier alpha value is -0.570. The molecule has 0 bridgehead atoms. The number of rotatable bonds is 4. The molecule has 21 heavy (non-hydrogen) atoms. The predicted molar refractivity (Wildman–Crippen MR) is 91.9 cm³/mol. The van der Waals surface area contributed by atoms with Gasteiger partial charge >= 0.3 is 0 Å². The van der Waals surface area contributed by atoms with Crippen molar-refractivity contribution in [3.63, 3.8) is 0 Å². The van der Waals surface area contributed by atoms with Crippen LogP contribution in [-0.4, -0.2) is 17.1 Å². The molecule has 0 amide bonds. The van der Waals surface area contributed by atoms with Crippen molar-refractivity contribution >= 4 is 11.6 Å². The van der Waals surface area contributed by atoms with Crippen LogP contribution in [0, 0.1) is 0 Å². The van der Waals surface area contributed by atoms with Gasteiger partial charge in [-0.15, -0.1) is 0 Å². The van der Waals surface area contributed by atoms with Gasteiger partial charge in [-0.1, -0.05) is 30.7 Å². The lowest BCUT2D eigenvalue weighted by Crippen LogP contribution is -2.61. The normalized spacial score (nSPS) is 23.0. The molecule has 118 valence electrons. The first-order valence-corrected chi connectivity index (χ1v) is 8.39. The number of hydrogen-bond donors (Lipinski definition) is 2. The molecule has 0 saturated carbocycles. The van der Waals surface area contributed by atoms with Gasteiger partial charge in [-0.2, -0.15) is 0 Å². The maximum atomic E-state index is 6.14. The first kappa shape index (κ1) is 16.8. The lowest BCUT2D eigenvalue weighted by molar-refractivity contribution is 0.139. The van der Waals surface area contributed by atoms with Crippen molar-refractivity contribution in [2.75, 3.05) is 0 Å². The van der Waals surface area contributed by atoms with E-state index in [0.717, 1.165) is 24.3 Å². The van der Waals surface area contributed by atoms with Crippen LogP contribution in [0.2, 0.25) is 5.02 Å². The SMILES string of the molecule is CCC(NC1CC(C)(C)NC(C)(C)C1)c1cccc(Cl)c1. The highest BCUT2D eigenvalue weighted by molar-refractivity contribution is 6.30. The van der Waals surface area contributed by atoms with Gasteiger partial charge in [0.1, 0.15) is 0 Å². The highest BCUT2D eigenvalue weighted by Crippen LogP contribution is 2.31. The largest absolute Gasteiger partial charge is 0.307 e. The van der Waals surface area contributed by atoms with Gasteiger partial charge < -0.3 is 10.6 Å². The zero-order chi connectivity index (χ0) is 15.7. The lowest BCUT2D eigenvalue weighted by atomic mass is 9.79. The molecule has 1 aliphatic heterocycles. The number of hydrogen-bond acceptors (Lipinski definition) is 2. The molecule has 0 spiro atoms. The van der Waals surface area contributed by atoms with Crippen LogP contribution in [-0.2, 0) is 0 Å². The van der Waals surface area contributed by atoms with Gasteiger partial charge in [0.05, 0.1) is 0 Å². The highest BCUT2D eigenvalue weighted by atomic mass is 35.5. The van der Waals surface area contributed by atoms with Crippen LogP contribution in [0.1, 0.15) is 65.5 Å². The Labute approximate surface area is 134 Å². The molecule has 3 heteroatoms. The Kier molecular flexibility index (Phi) is 5.02. The summed E-state index contributed by atoms with van der Waals surface area (Å²) in [6.45, 7) is 11.4. The van der Waals surface area contributed by atoms with Crippen molar-refractivity contribution in [1.82, 2.24) is 10.6 Å². The molecule has 1 unspecified atom stereocenters. The Morgan fingerprint density at radius 1 is 1.24 bits per heavy atom. The third kappa shape index (κ3) is 4.70. The molecule has 2 N–H and O–H groups in total. The molecule has 1 aliphatic rings. The molecule has 1 heterocycles. The Morgan fingerprint density at radius 3 is 2.38 bits per heavy atom. The Morgan fingerprint density at radius 2 is 1.86 bits per heavy atom. The Bertz CT molecular complexity index is 466. The third-order valence-corrected chi connectivity index (χ3v) is 4.52. The molecule has 1 fully saturated rings. The molecule has 0 aliphatic carbocycles. The van der Waals surface area contributed by atoms with Crippen molar-refractivity contribution < 1.29 is 0 Å². The topological polar surface area (TPSA) is 24.1 Å². The summed E-state index contributed by atoms with van der Waals surface area (Å²) in [5, 5.41) is 8.42. The van der Waals surface area contributed by atoms with E-state index in [1.54, 1.807) is 0 Å². The minimum Gasteiger partial charge on any atom is -0.307 e. The molecule has 1 atom stereocenters. The van der Waals surface area contributed by atoms with Crippen LogP contribution >= 0.6 is 11.6 Å². The van der Waals surface area contributed by atoms with Gasteiger partial charge in [0.25, 0.3) is 0 Å². The molecule has 0 radical (unpaired) electrons. The average molecular weight is 309 g/mol. The molecular weight excluding hydrogens is 280 g/mol. The van der Waals surface area contributed by atoms with Gasteiger partial charge in [0, 0.05) is 28.2 Å². The van der Waals surface area contributed by atoms with E-state index in [-0.39, 0.29) is 11.1 Å². The summed E-state index contributed by atoms with van der Waals surface area (Å²) in [6, 6.07) is 9.13. The van der Waals surface area contributed by atoms with Crippen LogP contribution in [0.4, 0.5) is 0 Å². The van der Waals surface area contributed by atoms with E-state index in [0.29, 0.717) is 12.1 Å². The fourth-order valence-electron chi connectivity index (χ4n) is 3.90. The molecular formula is C18H29ClN2. The number of nitrogens with one attached hydrogen (secondary N) is 2. The van der Waals surface area contributed by atoms with Crippen LogP contribution in [0.25, 0.3) is 0 Å². The second kappa shape index (κ2) is 6.28. The Balaban J connectivity index is 2.11. The van der Waals surface area contributed by atoms with E-state index in [4.69, 9.17) is 11.6 Å². The second-order valence-corrected chi connectivity index (χ2v) is 8.12. The van der Waals surface area contributed by atoms with Gasteiger partial charge in [-0.3, -0.25) is 0 Å². The fraction of sp³-hybridized carbons (Fsp3) is 0.667. The summed E-state index contributed by atoms with van der Waals surface area (Å²) >= 11 is 6.14. The summed E-state index contributed by atoms with van der Waals surface area (Å²) in [7, 11) is 0. The standard InChI is InChI=1S/C18H29ClN2/c1-6-16(13-8-7-9-14(19)10-13)20-15-11-17(2,3)21-18(4,5)12-15/h7-10,15-16,20-21H,6,11-12H2,1-5H3. The van der Waals surface area contributed by atoms with E-state index in [9.17, 15) is 0 Å². The summed E-state index contributed by atoms with van der Waals surface area (Å²) in [4.78, 5) is 0. The van der Waals surface area contributed by atoms with Crippen LogP contribution < -0.4 is 10.6 Å². The van der Waals surface area contributed by atoms with E-state index in [1.165, 1.54) is 5.56 Å². The van der Waals surface area contributed by atoms with Crippen LogP contribution in [0.5, 0.6) is 0 Å². The first-order chi connectivity index (χ1) is 9.71.